The number of fused-ring (bicyclic) bond motifs is 1. The monoisotopic (exact) mass is 1260 g/mol. The molecule has 4 fully saturated rings. The van der Waals surface area contributed by atoms with Crippen LogP contribution in [0.3, 0.4) is 0 Å². The van der Waals surface area contributed by atoms with Gasteiger partial charge in [-0.2, -0.15) is 0 Å². The number of carboxylic acid groups (broad SMARTS) is 2. The number of carboxylic acids is 2. The predicted molar refractivity (Wildman–Crippen MR) is 338 cm³/mol. The Balaban J connectivity index is 0. The van der Waals surface area contributed by atoms with E-state index in [1.165, 1.54) is 0 Å². The number of ether oxygens (including phenoxy) is 8. The van der Waals surface area contributed by atoms with Crippen molar-refractivity contribution in [3.63, 3.8) is 0 Å². The van der Waals surface area contributed by atoms with Gasteiger partial charge < -0.3 is 58.3 Å². The van der Waals surface area contributed by atoms with Crippen molar-refractivity contribution in [2.75, 3.05) is 39.6 Å². The SMILES string of the molecule is CCC(C)(C)C(=O)O.CCC(C)(C)C(=O)O.CCC(C)(C)C(=O)OCC(O)COC(=O)C(C)(C)CC.CCC(C)(C)C(=O)OCC1CCC(OC(=O)C(C)(C)CC)C(O)C1.CCC(C)(C)C(=O)OCC1CCC2OC2C1.CCC(C)(C)C(=O)OCC1CO1. The molecule has 4 rings (SSSR count). The summed E-state index contributed by atoms with van der Waals surface area (Å²) in [6.07, 6.45) is 9.97. The topological polar surface area (TPSA) is 298 Å². The van der Waals surface area contributed by atoms with Gasteiger partial charge in [0.1, 0.15) is 38.1 Å². The van der Waals surface area contributed by atoms with Crippen LogP contribution in [0.5, 0.6) is 0 Å². The van der Waals surface area contributed by atoms with Crippen molar-refractivity contribution in [1.82, 2.24) is 0 Å². The minimum absolute atomic E-state index is 0.0613. The fourth-order valence-corrected chi connectivity index (χ4v) is 6.68. The Kier molecular flexibility index (Phi) is 37.4. The fourth-order valence-electron chi connectivity index (χ4n) is 6.68. The zero-order valence-electron chi connectivity index (χ0n) is 59.1. The van der Waals surface area contributed by atoms with Gasteiger partial charge in [0.25, 0.3) is 0 Å². The lowest BCUT2D eigenvalue weighted by Crippen LogP contribution is -2.41. The second-order valence-corrected chi connectivity index (χ2v) is 29.2. The second-order valence-electron chi connectivity index (χ2n) is 29.2. The molecular formula is C68H124O20. The Labute approximate surface area is 530 Å². The fraction of sp³-hybridized carbons (Fsp3) is 0.882. The first-order chi connectivity index (χ1) is 40.2. The van der Waals surface area contributed by atoms with Crippen LogP contribution in [0.1, 0.15) is 256 Å². The number of esters is 6. The van der Waals surface area contributed by atoms with Crippen molar-refractivity contribution in [3.05, 3.63) is 0 Å². The molecule has 0 amide bonds. The van der Waals surface area contributed by atoms with E-state index in [9.17, 15) is 48.6 Å². The van der Waals surface area contributed by atoms with Gasteiger partial charge in [-0.05, 0) is 213 Å². The van der Waals surface area contributed by atoms with Crippen molar-refractivity contribution in [2.24, 2.45) is 55.2 Å². The Morgan fingerprint density at radius 3 is 0.989 bits per heavy atom. The molecule has 516 valence electrons. The highest BCUT2D eigenvalue weighted by Gasteiger charge is 2.44. The number of aliphatic hydroxyl groups excluding tert-OH is 2. The standard InChI is InChI=1S/C19H34O5.C15H28O5.C13H22O3.C9H16O3.2C6H12O2/c1-7-18(3,4)16(21)23-12-13-9-10-15(14(20)11-13)24-17(22)19(5,6)8-2;1-7-14(3,4)12(17)19-9-11(16)10-20-13(18)15(5,6)8-2;1-4-13(2,3)12(14)15-8-9-5-6-10-11(7-9)16-10;1-4-9(2,3)8(10)12-6-7-5-11-7;2*1-4-6(2,3)5(7)8/h13-15,20H,7-12H2,1-6H3;11,16H,7-10H2,1-6H3;9-11H,4-8H2,1-3H3;7H,4-6H2,1-3H3;2*4H2,1-3H3,(H,7,8). The van der Waals surface area contributed by atoms with Crippen LogP contribution in [-0.4, -0.2) is 144 Å². The van der Waals surface area contributed by atoms with Gasteiger partial charge in [0, 0.05) is 0 Å². The molecule has 4 aliphatic rings. The summed E-state index contributed by atoms with van der Waals surface area (Å²) < 4.78 is 41.8. The molecule has 2 heterocycles. The first-order valence-electron chi connectivity index (χ1n) is 32.4. The van der Waals surface area contributed by atoms with Crippen LogP contribution < -0.4 is 0 Å². The Hall–Kier alpha value is -4.40. The molecule has 0 radical (unpaired) electrons. The van der Waals surface area contributed by atoms with Crippen LogP contribution >= 0.6 is 0 Å². The summed E-state index contributed by atoms with van der Waals surface area (Å²) in [6.45, 7) is 46.3. The van der Waals surface area contributed by atoms with Gasteiger partial charge in [-0.1, -0.05) is 55.4 Å². The molecule has 20 heteroatoms. The summed E-state index contributed by atoms with van der Waals surface area (Å²) in [7, 11) is 0. The van der Waals surface area contributed by atoms with Crippen LogP contribution in [-0.2, 0) is 76.3 Å². The minimum atomic E-state index is -0.997. The lowest BCUT2D eigenvalue weighted by molar-refractivity contribution is -0.171. The van der Waals surface area contributed by atoms with Crippen molar-refractivity contribution >= 4 is 47.8 Å². The Morgan fingerprint density at radius 1 is 0.409 bits per heavy atom. The number of carbonyl (C=O) groups excluding carboxylic acids is 6. The predicted octanol–water partition coefficient (Wildman–Crippen LogP) is 12.7. The zero-order valence-corrected chi connectivity index (χ0v) is 59.1. The van der Waals surface area contributed by atoms with Crippen molar-refractivity contribution in [1.29, 1.82) is 0 Å². The van der Waals surface area contributed by atoms with E-state index < -0.39 is 62.7 Å². The van der Waals surface area contributed by atoms with E-state index in [-0.39, 0.29) is 71.9 Å². The number of aliphatic hydroxyl groups is 2. The molecule has 2 saturated carbocycles. The van der Waals surface area contributed by atoms with Gasteiger partial charge in [-0.3, -0.25) is 38.4 Å². The van der Waals surface area contributed by atoms with Crippen LogP contribution in [0.25, 0.3) is 0 Å². The molecule has 0 aromatic carbocycles. The highest BCUT2D eigenvalue weighted by Crippen LogP contribution is 2.40. The van der Waals surface area contributed by atoms with E-state index in [0.29, 0.717) is 82.9 Å². The maximum atomic E-state index is 12.1. The first-order valence-corrected chi connectivity index (χ1v) is 32.4. The van der Waals surface area contributed by atoms with E-state index in [4.69, 9.17) is 48.1 Å². The molecule has 88 heavy (non-hydrogen) atoms. The summed E-state index contributed by atoms with van der Waals surface area (Å²) in [4.78, 5) is 91.2. The molecule has 2 aliphatic carbocycles. The van der Waals surface area contributed by atoms with Crippen LogP contribution in [0.4, 0.5) is 0 Å². The third-order valence-electron chi connectivity index (χ3n) is 18.3. The summed E-state index contributed by atoms with van der Waals surface area (Å²) >= 11 is 0. The van der Waals surface area contributed by atoms with Crippen molar-refractivity contribution in [2.45, 2.75) is 293 Å². The third kappa shape index (κ3) is 32.6. The molecule has 0 aromatic heterocycles. The number of hydrogen-bond acceptors (Lipinski definition) is 18. The summed E-state index contributed by atoms with van der Waals surface area (Å²) in [5, 5.41) is 36.8. The van der Waals surface area contributed by atoms with Crippen LogP contribution in [0.2, 0.25) is 0 Å². The largest absolute Gasteiger partial charge is 0.481 e. The van der Waals surface area contributed by atoms with E-state index in [2.05, 4.69) is 0 Å². The Morgan fingerprint density at radius 2 is 0.705 bits per heavy atom. The van der Waals surface area contributed by atoms with Gasteiger partial charge in [0.2, 0.25) is 0 Å². The average Bonchev–Trinajstić information content (AvgIpc) is 4.56. The van der Waals surface area contributed by atoms with E-state index in [1.807, 2.05) is 111 Å². The highest BCUT2D eigenvalue weighted by atomic mass is 16.6. The van der Waals surface area contributed by atoms with E-state index in [0.717, 1.165) is 51.6 Å². The molecular weight excluding hydrogens is 1140 g/mol. The molecule has 2 saturated heterocycles. The normalized spacial score (nSPS) is 20.8. The average molecular weight is 1260 g/mol. The summed E-state index contributed by atoms with van der Waals surface area (Å²) in [6, 6.07) is 0. The zero-order chi connectivity index (χ0) is 69.0. The van der Waals surface area contributed by atoms with E-state index >= 15 is 0 Å². The van der Waals surface area contributed by atoms with Gasteiger partial charge >= 0.3 is 47.8 Å². The maximum absolute atomic E-state index is 12.1. The maximum Gasteiger partial charge on any atom is 0.311 e. The molecule has 0 spiro atoms. The molecule has 0 bridgehead atoms. The minimum Gasteiger partial charge on any atom is -0.481 e. The number of carbonyl (C=O) groups is 8. The highest BCUT2D eigenvalue weighted by molar-refractivity contribution is 5.78. The molecule has 0 aromatic rings. The molecule has 4 N–H and O–H groups in total. The van der Waals surface area contributed by atoms with Gasteiger partial charge in [-0.25, -0.2) is 0 Å². The van der Waals surface area contributed by atoms with Crippen LogP contribution in [0, 0.1) is 55.2 Å². The van der Waals surface area contributed by atoms with E-state index in [1.54, 1.807) is 55.4 Å². The summed E-state index contributed by atoms with van der Waals surface area (Å²) in [5.74, 6) is -2.18. The quantitative estimate of drug-likeness (QED) is 0.0337. The smallest absolute Gasteiger partial charge is 0.311 e. The molecule has 7 unspecified atom stereocenters. The summed E-state index contributed by atoms with van der Waals surface area (Å²) in [5.41, 5.74) is -3.92. The third-order valence-corrected chi connectivity index (χ3v) is 18.3. The van der Waals surface area contributed by atoms with Gasteiger partial charge in [-0.15, -0.1) is 0 Å². The number of rotatable bonds is 27. The first kappa shape index (κ1) is 85.7. The van der Waals surface area contributed by atoms with Crippen molar-refractivity contribution < 1.29 is 96.7 Å². The Bertz CT molecular complexity index is 2080. The molecule has 2 aliphatic heterocycles. The molecule has 7 atom stereocenters. The number of hydrogen-bond donors (Lipinski definition) is 4. The van der Waals surface area contributed by atoms with Gasteiger partial charge in [0.15, 0.2) is 0 Å². The van der Waals surface area contributed by atoms with Crippen molar-refractivity contribution in [3.8, 4) is 0 Å². The lowest BCUT2D eigenvalue weighted by atomic mass is 9.85. The molecule has 20 nitrogen and oxygen atoms in total. The number of aliphatic carboxylic acids is 2. The number of epoxide rings is 2. The van der Waals surface area contributed by atoms with Gasteiger partial charge in [0.05, 0.1) is 81.5 Å². The van der Waals surface area contributed by atoms with Crippen LogP contribution in [0.15, 0.2) is 0 Å². The lowest BCUT2D eigenvalue weighted by Gasteiger charge is -2.34. The second kappa shape index (κ2) is 38.5.